The molecule has 4 heteroatoms. The molecule has 4 nitrogen and oxygen atoms in total. The zero-order valence-corrected chi connectivity index (χ0v) is 14.0. The van der Waals surface area contributed by atoms with E-state index in [0.29, 0.717) is 5.76 Å². The zero-order valence-electron chi connectivity index (χ0n) is 14.0. The average molecular weight is 323 g/mol. The van der Waals surface area contributed by atoms with E-state index in [9.17, 15) is 4.79 Å². The SMILES string of the molecule is Cc1c(C(=O)OC2CCN(C)CC2)oc2c1ccc1ccccc12. The predicted octanol–water partition coefficient (Wildman–Crippen LogP) is 4.15. The Morgan fingerprint density at radius 1 is 1.12 bits per heavy atom. The van der Waals surface area contributed by atoms with E-state index in [4.69, 9.17) is 9.15 Å². The fourth-order valence-corrected chi connectivity index (χ4v) is 3.45. The summed E-state index contributed by atoms with van der Waals surface area (Å²) in [5.74, 6) is -0.0115. The number of hydrogen-bond donors (Lipinski definition) is 0. The normalized spacial score (nSPS) is 16.8. The van der Waals surface area contributed by atoms with Gasteiger partial charge in [0.1, 0.15) is 11.7 Å². The molecule has 0 aliphatic carbocycles. The van der Waals surface area contributed by atoms with E-state index in [0.717, 1.165) is 53.2 Å². The second-order valence-corrected chi connectivity index (χ2v) is 6.63. The Hall–Kier alpha value is -2.33. The highest BCUT2D eigenvalue weighted by atomic mass is 16.6. The highest BCUT2D eigenvalue weighted by Crippen LogP contribution is 2.32. The van der Waals surface area contributed by atoms with Crippen molar-refractivity contribution in [1.82, 2.24) is 4.90 Å². The van der Waals surface area contributed by atoms with Crippen molar-refractivity contribution in [3.63, 3.8) is 0 Å². The van der Waals surface area contributed by atoms with Gasteiger partial charge in [0.2, 0.25) is 5.76 Å². The number of aryl methyl sites for hydroxylation is 1. The lowest BCUT2D eigenvalue weighted by Crippen LogP contribution is -2.35. The molecule has 0 spiro atoms. The van der Waals surface area contributed by atoms with Crippen LogP contribution in [0.2, 0.25) is 0 Å². The molecule has 0 N–H and O–H groups in total. The number of esters is 1. The summed E-state index contributed by atoms with van der Waals surface area (Å²) >= 11 is 0. The Morgan fingerprint density at radius 3 is 2.67 bits per heavy atom. The molecule has 0 bridgehead atoms. The molecule has 2 aromatic carbocycles. The van der Waals surface area contributed by atoms with Crippen LogP contribution in [0.15, 0.2) is 40.8 Å². The fourth-order valence-electron chi connectivity index (χ4n) is 3.45. The van der Waals surface area contributed by atoms with Crippen molar-refractivity contribution < 1.29 is 13.9 Å². The maximum Gasteiger partial charge on any atom is 0.374 e. The van der Waals surface area contributed by atoms with Crippen molar-refractivity contribution in [3.8, 4) is 0 Å². The predicted molar refractivity (Wildman–Crippen MR) is 94.4 cm³/mol. The molecule has 4 rings (SSSR count). The number of rotatable bonds is 2. The van der Waals surface area contributed by atoms with Gasteiger partial charge in [-0.25, -0.2) is 4.79 Å². The van der Waals surface area contributed by atoms with Crippen LogP contribution in [-0.2, 0) is 4.74 Å². The lowest BCUT2D eigenvalue weighted by atomic mass is 10.1. The third-order valence-corrected chi connectivity index (χ3v) is 4.95. The van der Waals surface area contributed by atoms with Gasteiger partial charge in [-0.15, -0.1) is 0 Å². The van der Waals surface area contributed by atoms with Crippen LogP contribution in [0.1, 0.15) is 29.0 Å². The molecule has 1 aromatic heterocycles. The molecule has 0 radical (unpaired) electrons. The number of piperidine rings is 1. The summed E-state index contributed by atoms with van der Waals surface area (Å²) in [6, 6.07) is 12.1. The molecule has 2 heterocycles. The fraction of sp³-hybridized carbons (Fsp3) is 0.350. The number of ether oxygens (including phenoxy) is 1. The number of benzene rings is 2. The largest absolute Gasteiger partial charge is 0.456 e. The Bertz CT molecular complexity index is 904. The smallest absolute Gasteiger partial charge is 0.374 e. The van der Waals surface area contributed by atoms with Crippen molar-refractivity contribution in [2.24, 2.45) is 0 Å². The Balaban J connectivity index is 1.67. The summed E-state index contributed by atoms with van der Waals surface area (Å²) in [6.45, 7) is 3.84. The lowest BCUT2D eigenvalue weighted by molar-refractivity contribution is 0.0109. The Labute approximate surface area is 141 Å². The van der Waals surface area contributed by atoms with Crippen LogP contribution in [0.3, 0.4) is 0 Å². The maximum absolute atomic E-state index is 12.6. The molecule has 0 atom stereocenters. The molecule has 24 heavy (non-hydrogen) atoms. The van der Waals surface area contributed by atoms with Crippen LogP contribution in [0.5, 0.6) is 0 Å². The number of fused-ring (bicyclic) bond motifs is 3. The monoisotopic (exact) mass is 323 g/mol. The minimum atomic E-state index is -0.345. The first-order valence-electron chi connectivity index (χ1n) is 8.44. The molecule has 1 saturated heterocycles. The van der Waals surface area contributed by atoms with Gasteiger partial charge in [-0.3, -0.25) is 0 Å². The second kappa shape index (κ2) is 5.95. The van der Waals surface area contributed by atoms with Gasteiger partial charge in [0.05, 0.1) is 0 Å². The van der Waals surface area contributed by atoms with Gasteiger partial charge in [-0.1, -0.05) is 36.4 Å². The minimum Gasteiger partial charge on any atom is -0.456 e. The first-order chi connectivity index (χ1) is 11.6. The van der Waals surface area contributed by atoms with Gasteiger partial charge < -0.3 is 14.1 Å². The summed E-state index contributed by atoms with van der Waals surface area (Å²) < 4.78 is 11.6. The summed E-state index contributed by atoms with van der Waals surface area (Å²) in [5.41, 5.74) is 1.62. The molecule has 3 aromatic rings. The van der Waals surface area contributed by atoms with E-state index in [-0.39, 0.29) is 12.1 Å². The highest BCUT2D eigenvalue weighted by Gasteiger charge is 2.25. The van der Waals surface area contributed by atoms with Gasteiger partial charge in [0.15, 0.2) is 0 Å². The standard InChI is InChI=1S/C20H21NO3/c1-13-16-8-7-14-5-3-4-6-17(14)19(16)24-18(13)20(22)23-15-9-11-21(2)12-10-15/h3-8,15H,9-12H2,1-2H3. The molecule has 0 unspecified atom stereocenters. The maximum atomic E-state index is 12.6. The summed E-state index contributed by atoms with van der Waals surface area (Å²) in [7, 11) is 2.09. The van der Waals surface area contributed by atoms with E-state index >= 15 is 0 Å². The molecule has 124 valence electrons. The number of carbonyl (C=O) groups is 1. The zero-order chi connectivity index (χ0) is 16.7. The average Bonchev–Trinajstić information content (AvgIpc) is 2.94. The number of likely N-dealkylation sites (tertiary alicyclic amines) is 1. The van der Waals surface area contributed by atoms with Gasteiger partial charge in [0.25, 0.3) is 0 Å². The van der Waals surface area contributed by atoms with E-state index < -0.39 is 0 Å². The van der Waals surface area contributed by atoms with Gasteiger partial charge in [-0.2, -0.15) is 0 Å². The third-order valence-electron chi connectivity index (χ3n) is 4.95. The Kier molecular flexibility index (Phi) is 3.77. The molecular formula is C20H21NO3. The van der Waals surface area contributed by atoms with Crippen molar-refractivity contribution in [3.05, 3.63) is 47.7 Å². The van der Waals surface area contributed by atoms with E-state index in [1.807, 2.05) is 37.3 Å². The topological polar surface area (TPSA) is 42.7 Å². The first kappa shape index (κ1) is 15.2. The molecule has 0 amide bonds. The molecule has 1 aliphatic heterocycles. The number of furan rings is 1. The molecule has 0 saturated carbocycles. The molecule has 1 aliphatic rings. The summed E-state index contributed by atoms with van der Waals surface area (Å²) in [5, 5.41) is 3.11. The van der Waals surface area contributed by atoms with E-state index in [1.54, 1.807) is 0 Å². The van der Waals surface area contributed by atoms with E-state index in [1.165, 1.54) is 0 Å². The minimum absolute atomic E-state index is 0.0157. The van der Waals surface area contributed by atoms with Crippen LogP contribution in [0, 0.1) is 6.92 Å². The van der Waals surface area contributed by atoms with Crippen molar-refractivity contribution in [2.45, 2.75) is 25.9 Å². The first-order valence-corrected chi connectivity index (χ1v) is 8.44. The van der Waals surface area contributed by atoms with Gasteiger partial charge >= 0.3 is 5.97 Å². The number of hydrogen-bond acceptors (Lipinski definition) is 4. The van der Waals surface area contributed by atoms with Crippen molar-refractivity contribution >= 4 is 27.7 Å². The van der Waals surface area contributed by atoms with Crippen LogP contribution >= 0.6 is 0 Å². The molecular weight excluding hydrogens is 302 g/mol. The summed E-state index contributed by atoms with van der Waals surface area (Å²) in [6.07, 6.45) is 1.74. The quantitative estimate of drug-likeness (QED) is 0.665. The number of nitrogens with zero attached hydrogens (tertiary/aromatic N) is 1. The highest BCUT2D eigenvalue weighted by molar-refractivity contribution is 6.08. The van der Waals surface area contributed by atoms with Crippen LogP contribution in [-0.4, -0.2) is 37.1 Å². The van der Waals surface area contributed by atoms with E-state index in [2.05, 4.69) is 18.0 Å². The van der Waals surface area contributed by atoms with Gasteiger partial charge in [-0.05, 0) is 32.2 Å². The third kappa shape index (κ3) is 2.57. The number of carbonyl (C=O) groups excluding carboxylic acids is 1. The Morgan fingerprint density at radius 2 is 1.88 bits per heavy atom. The second-order valence-electron chi connectivity index (χ2n) is 6.63. The van der Waals surface area contributed by atoms with Crippen LogP contribution in [0.4, 0.5) is 0 Å². The van der Waals surface area contributed by atoms with Crippen LogP contribution < -0.4 is 0 Å². The van der Waals surface area contributed by atoms with Crippen molar-refractivity contribution in [2.75, 3.05) is 20.1 Å². The van der Waals surface area contributed by atoms with Gasteiger partial charge in [0, 0.05) is 29.4 Å². The van der Waals surface area contributed by atoms with Crippen LogP contribution in [0.25, 0.3) is 21.7 Å². The van der Waals surface area contributed by atoms with Crippen molar-refractivity contribution in [1.29, 1.82) is 0 Å². The summed E-state index contributed by atoms with van der Waals surface area (Å²) in [4.78, 5) is 14.8. The lowest BCUT2D eigenvalue weighted by Gasteiger charge is -2.28. The molecule has 1 fully saturated rings.